The van der Waals surface area contributed by atoms with Gasteiger partial charge in [0, 0.05) is 24.6 Å². The molecule has 2 aliphatic heterocycles. The summed E-state index contributed by atoms with van der Waals surface area (Å²) in [6.45, 7) is 1.94. The Labute approximate surface area is 169 Å². The Morgan fingerprint density at radius 3 is 2.55 bits per heavy atom. The summed E-state index contributed by atoms with van der Waals surface area (Å²) in [5, 5.41) is 2.50. The number of likely N-dealkylation sites (tertiary alicyclic amines) is 1. The lowest BCUT2D eigenvalue weighted by Crippen LogP contribution is -2.31. The second-order valence-electron chi connectivity index (χ2n) is 7.56. The number of imide groups is 1. The second-order valence-corrected chi connectivity index (χ2v) is 7.56. The number of nitrogens with zero attached hydrogens (tertiary/aromatic N) is 2. The molecule has 150 valence electrons. The van der Waals surface area contributed by atoms with Gasteiger partial charge in [-0.3, -0.25) is 14.5 Å². The van der Waals surface area contributed by atoms with Gasteiger partial charge in [-0.1, -0.05) is 42.5 Å². The summed E-state index contributed by atoms with van der Waals surface area (Å²) in [6.07, 6.45) is 0. The van der Waals surface area contributed by atoms with Crippen molar-refractivity contribution in [2.75, 3.05) is 26.2 Å². The first-order valence-electron chi connectivity index (χ1n) is 9.78. The molecule has 0 aromatic heterocycles. The highest BCUT2D eigenvalue weighted by Crippen LogP contribution is 2.32. The Bertz CT molecular complexity index is 915. The average molecular weight is 392 g/mol. The SMILES string of the molecule is NC[C@@H]1CN(C(=O)c2cccc(CN3C(=O)CNC3=O)c2)C[C@H]1c1ccccc1. The lowest BCUT2D eigenvalue weighted by atomic mass is 9.89. The van der Waals surface area contributed by atoms with Crippen LogP contribution in [0.5, 0.6) is 0 Å². The predicted octanol–water partition coefficient (Wildman–Crippen LogP) is 1.55. The third-order valence-corrected chi connectivity index (χ3v) is 5.71. The van der Waals surface area contributed by atoms with Crippen LogP contribution in [0.2, 0.25) is 0 Å². The lowest BCUT2D eigenvalue weighted by molar-refractivity contribution is -0.125. The third-order valence-electron chi connectivity index (χ3n) is 5.71. The number of hydrogen-bond acceptors (Lipinski definition) is 4. The van der Waals surface area contributed by atoms with Crippen molar-refractivity contribution in [3.8, 4) is 0 Å². The zero-order valence-electron chi connectivity index (χ0n) is 16.1. The van der Waals surface area contributed by atoms with Gasteiger partial charge < -0.3 is 16.0 Å². The lowest BCUT2D eigenvalue weighted by Gasteiger charge is -2.18. The van der Waals surface area contributed by atoms with Crippen LogP contribution in [0.25, 0.3) is 0 Å². The van der Waals surface area contributed by atoms with E-state index < -0.39 is 6.03 Å². The van der Waals surface area contributed by atoms with E-state index in [0.29, 0.717) is 25.2 Å². The first kappa shape index (κ1) is 19.1. The molecule has 4 rings (SSSR count). The molecule has 0 bridgehead atoms. The Balaban J connectivity index is 1.50. The van der Waals surface area contributed by atoms with Gasteiger partial charge in [0.25, 0.3) is 5.91 Å². The second kappa shape index (κ2) is 8.05. The molecule has 0 saturated carbocycles. The van der Waals surface area contributed by atoms with Gasteiger partial charge in [0.2, 0.25) is 5.91 Å². The maximum absolute atomic E-state index is 13.1. The van der Waals surface area contributed by atoms with Crippen molar-refractivity contribution in [1.82, 2.24) is 15.1 Å². The van der Waals surface area contributed by atoms with Crippen molar-refractivity contribution in [2.24, 2.45) is 11.7 Å². The summed E-state index contributed by atoms with van der Waals surface area (Å²) in [6, 6.07) is 16.9. The van der Waals surface area contributed by atoms with Crippen LogP contribution in [-0.2, 0) is 11.3 Å². The van der Waals surface area contributed by atoms with E-state index in [-0.39, 0.29) is 36.7 Å². The smallest absolute Gasteiger partial charge is 0.324 e. The average Bonchev–Trinajstić information content (AvgIpc) is 3.33. The summed E-state index contributed by atoms with van der Waals surface area (Å²) in [5.74, 6) is 0.124. The highest BCUT2D eigenvalue weighted by molar-refractivity contribution is 6.02. The van der Waals surface area contributed by atoms with E-state index in [9.17, 15) is 14.4 Å². The molecule has 0 aliphatic carbocycles. The molecule has 7 nitrogen and oxygen atoms in total. The molecule has 2 atom stereocenters. The van der Waals surface area contributed by atoms with Gasteiger partial charge in [0.15, 0.2) is 0 Å². The molecule has 2 heterocycles. The van der Waals surface area contributed by atoms with Crippen LogP contribution in [0.15, 0.2) is 54.6 Å². The molecule has 3 N–H and O–H groups in total. The van der Waals surface area contributed by atoms with Crippen molar-refractivity contribution in [1.29, 1.82) is 0 Å². The Morgan fingerprint density at radius 2 is 1.86 bits per heavy atom. The van der Waals surface area contributed by atoms with Gasteiger partial charge in [-0.15, -0.1) is 0 Å². The number of amides is 4. The highest BCUT2D eigenvalue weighted by atomic mass is 16.2. The fourth-order valence-corrected chi connectivity index (χ4v) is 4.14. The molecule has 2 aliphatic rings. The summed E-state index contributed by atoms with van der Waals surface area (Å²) in [4.78, 5) is 39.7. The minimum Gasteiger partial charge on any atom is -0.338 e. The fraction of sp³-hybridized carbons (Fsp3) is 0.318. The molecule has 7 heteroatoms. The molecule has 0 radical (unpaired) electrons. The topological polar surface area (TPSA) is 95.7 Å². The maximum atomic E-state index is 13.1. The predicted molar refractivity (Wildman–Crippen MR) is 108 cm³/mol. The van der Waals surface area contributed by atoms with E-state index >= 15 is 0 Å². The molecule has 2 aromatic rings. The van der Waals surface area contributed by atoms with Crippen molar-refractivity contribution in [3.05, 3.63) is 71.3 Å². The molecule has 2 saturated heterocycles. The van der Waals surface area contributed by atoms with E-state index in [2.05, 4.69) is 17.4 Å². The number of urea groups is 1. The van der Waals surface area contributed by atoms with Gasteiger partial charge in [-0.05, 0) is 35.7 Å². The zero-order valence-corrected chi connectivity index (χ0v) is 16.1. The van der Waals surface area contributed by atoms with Crippen LogP contribution in [0, 0.1) is 5.92 Å². The minimum absolute atomic E-state index is 0.0204. The van der Waals surface area contributed by atoms with Crippen LogP contribution >= 0.6 is 0 Å². The Morgan fingerprint density at radius 1 is 1.07 bits per heavy atom. The molecular weight excluding hydrogens is 368 g/mol. The fourth-order valence-electron chi connectivity index (χ4n) is 4.14. The minimum atomic E-state index is -0.400. The Kier molecular flexibility index (Phi) is 5.31. The highest BCUT2D eigenvalue weighted by Gasteiger charge is 2.35. The van der Waals surface area contributed by atoms with E-state index in [1.165, 1.54) is 5.56 Å². The van der Waals surface area contributed by atoms with Crippen LogP contribution < -0.4 is 11.1 Å². The van der Waals surface area contributed by atoms with E-state index in [4.69, 9.17) is 5.73 Å². The van der Waals surface area contributed by atoms with Gasteiger partial charge in [-0.2, -0.15) is 0 Å². The van der Waals surface area contributed by atoms with Gasteiger partial charge >= 0.3 is 6.03 Å². The van der Waals surface area contributed by atoms with Gasteiger partial charge in [0.05, 0.1) is 13.1 Å². The number of nitrogens with one attached hydrogen (secondary N) is 1. The standard InChI is InChI=1S/C22H24N4O3/c23-10-18-13-25(14-19(18)16-6-2-1-3-7-16)21(28)17-8-4-5-15(9-17)12-26-20(27)11-24-22(26)29/h1-9,18-19H,10-14,23H2,(H,24,29)/t18-,19+/m1/s1. The van der Waals surface area contributed by atoms with Crippen LogP contribution in [0.1, 0.15) is 27.4 Å². The summed E-state index contributed by atoms with van der Waals surface area (Å²) in [5.41, 5.74) is 8.49. The van der Waals surface area contributed by atoms with E-state index in [1.54, 1.807) is 18.2 Å². The zero-order chi connectivity index (χ0) is 20.4. The van der Waals surface area contributed by atoms with Gasteiger partial charge in [-0.25, -0.2) is 4.79 Å². The maximum Gasteiger partial charge on any atom is 0.324 e. The van der Waals surface area contributed by atoms with Crippen LogP contribution in [-0.4, -0.2) is 53.8 Å². The van der Waals surface area contributed by atoms with E-state index in [0.717, 1.165) is 10.5 Å². The molecular formula is C22H24N4O3. The largest absolute Gasteiger partial charge is 0.338 e. The molecule has 2 aromatic carbocycles. The molecule has 0 spiro atoms. The monoisotopic (exact) mass is 392 g/mol. The molecule has 29 heavy (non-hydrogen) atoms. The molecule has 4 amide bonds. The molecule has 0 unspecified atom stereocenters. The van der Waals surface area contributed by atoms with Crippen LogP contribution in [0.3, 0.4) is 0 Å². The quantitative estimate of drug-likeness (QED) is 0.755. The summed E-state index contributed by atoms with van der Waals surface area (Å²) < 4.78 is 0. The molecule has 2 fully saturated rings. The summed E-state index contributed by atoms with van der Waals surface area (Å²) in [7, 11) is 0. The van der Waals surface area contributed by atoms with Crippen molar-refractivity contribution in [2.45, 2.75) is 12.5 Å². The van der Waals surface area contributed by atoms with E-state index in [1.807, 2.05) is 29.2 Å². The number of hydrogen-bond donors (Lipinski definition) is 2. The first-order valence-corrected chi connectivity index (χ1v) is 9.78. The number of rotatable bonds is 5. The first-order chi connectivity index (χ1) is 14.1. The van der Waals surface area contributed by atoms with Crippen LogP contribution in [0.4, 0.5) is 4.79 Å². The third kappa shape index (κ3) is 3.86. The normalized spacial score (nSPS) is 21.6. The van der Waals surface area contributed by atoms with Gasteiger partial charge in [0.1, 0.15) is 0 Å². The van der Waals surface area contributed by atoms with Crippen molar-refractivity contribution >= 4 is 17.8 Å². The summed E-state index contributed by atoms with van der Waals surface area (Å²) >= 11 is 0. The Hall–Kier alpha value is -3.19. The number of carbonyl (C=O) groups is 3. The number of benzene rings is 2. The van der Waals surface area contributed by atoms with Crippen molar-refractivity contribution in [3.63, 3.8) is 0 Å². The number of carbonyl (C=O) groups excluding carboxylic acids is 3. The van der Waals surface area contributed by atoms with Crippen molar-refractivity contribution < 1.29 is 14.4 Å². The number of nitrogens with two attached hydrogens (primary N) is 1.